The number of nitrogens with zero attached hydrogens (tertiary/aromatic N) is 2. The third kappa shape index (κ3) is 2.80. The molecule has 1 atom stereocenters. The van der Waals surface area contributed by atoms with Gasteiger partial charge >= 0.3 is 0 Å². The number of amides is 1. The Morgan fingerprint density at radius 3 is 2.50 bits per heavy atom. The second-order valence-corrected chi connectivity index (χ2v) is 5.30. The van der Waals surface area contributed by atoms with E-state index in [0.717, 1.165) is 12.8 Å². The highest BCUT2D eigenvalue weighted by atomic mass is 19.3. The van der Waals surface area contributed by atoms with Crippen molar-refractivity contribution in [2.45, 2.75) is 56.9 Å². The molecule has 1 aliphatic heterocycles. The fourth-order valence-electron chi connectivity index (χ4n) is 2.85. The molecule has 0 spiro atoms. The van der Waals surface area contributed by atoms with Crippen LogP contribution in [0.2, 0.25) is 0 Å². The van der Waals surface area contributed by atoms with Crippen LogP contribution in [0.4, 0.5) is 8.78 Å². The summed E-state index contributed by atoms with van der Waals surface area (Å²) in [5.74, 6) is -3.00. The number of hydrogen-bond acceptors (Lipinski definition) is 2. The number of piperidine rings is 1. The molecule has 0 aromatic carbocycles. The summed E-state index contributed by atoms with van der Waals surface area (Å²) < 4.78 is 26.1. The lowest BCUT2D eigenvalue weighted by atomic mass is 9.85. The monoisotopic (exact) mass is 256 g/mol. The maximum absolute atomic E-state index is 13.0. The maximum atomic E-state index is 13.0. The number of halogens is 2. The van der Waals surface area contributed by atoms with Crippen LogP contribution in [0.1, 0.15) is 44.9 Å². The minimum atomic E-state index is -2.60. The molecular weight excluding hydrogens is 238 g/mol. The summed E-state index contributed by atoms with van der Waals surface area (Å²) in [7, 11) is 0. The first-order valence-corrected chi connectivity index (χ1v) is 6.61. The lowest BCUT2D eigenvalue weighted by Gasteiger charge is -2.36. The largest absolute Gasteiger partial charge is 0.326 e. The van der Waals surface area contributed by atoms with Crippen molar-refractivity contribution in [3.8, 4) is 6.07 Å². The molecule has 18 heavy (non-hydrogen) atoms. The van der Waals surface area contributed by atoms with Crippen molar-refractivity contribution in [1.82, 2.24) is 4.90 Å². The van der Waals surface area contributed by atoms with E-state index in [4.69, 9.17) is 5.26 Å². The van der Waals surface area contributed by atoms with Crippen LogP contribution in [0.15, 0.2) is 0 Å². The maximum Gasteiger partial charge on any atom is 0.248 e. The predicted octanol–water partition coefficient (Wildman–Crippen LogP) is 2.72. The number of alkyl halides is 2. The van der Waals surface area contributed by atoms with E-state index >= 15 is 0 Å². The minimum absolute atomic E-state index is 0.0863. The number of nitriles is 1. The quantitative estimate of drug-likeness (QED) is 0.724. The molecule has 2 rings (SSSR count). The van der Waals surface area contributed by atoms with Gasteiger partial charge < -0.3 is 4.90 Å². The van der Waals surface area contributed by atoms with Crippen molar-refractivity contribution in [3.63, 3.8) is 0 Å². The van der Waals surface area contributed by atoms with Gasteiger partial charge in [-0.1, -0.05) is 0 Å². The van der Waals surface area contributed by atoms with E-state index < -0.39 is 5.92 Å². The molecule has 2 aliphatic rings. The van der Waals surface area contributed by atoms with E-state index in [1.165, 1.54) is 0 Å². The summed E-state index contributed by atoms with van der Waals surface area (Å²) in [5, 5.41) is 9.03. The van der Waals surface area contributed by atoms with Crippen LogP contribution < -0.4 is 0 Å². The summed E-state index contributed by atoms with van der Waals surface area (Å²) >= 11 is 0. The van der Waals surface area contributed by atoms with Crippen molar-refractivity contribution in [1.29, 1.82) is 5.26 Å². The highest BCUT2D eigenvalue weighted by Crippen LogP contribution is 2.37. The smallest absolute Gasteiger partial charge is 0.248 e. The van der Waals surface area contributed by atoms with Gasteiger partial charge in [0.1, 0.15) is 6.04 Å². The van der Waals surface area contributed by atoms with Crippen molar-refractivity contribution >= 4 is 5.91 Å². The first-order valence-electron chi connectivity index (χ1n) is 6.61. The molecule has 0 aromatic rings. The average Bonchev–Trinajstić information content (AvgIpc) is 2.38. The van der Waals surface area contributed by atoms with Gasteiger partial charge in [-0.05, 0) is 32.1 Å². The Morgan fingerprint density at radius 1 is 1.22 bits per heavy atom. The number of rotatable bonds is 1. The summed E-state index contributed by atoms with van der Waals surface area (Å²) in [6, 6.07) is 1.79. The van der Waals surface area contributed by atoms with E-state index in [-0.39, 0.29) is 43.6 Å². The first-order chi connectivity index (χ1) is 8.53. The summed E-state index contributed by atoms with van der Waals surface area (Å²) in [6.07, 6.45) is 2.69. The Bertz CT molecular complexity index is 354. The molecule has 0 aromatic heterocycles. The molecule has 2 fully saturated rings. The fourth-order valence-corrected chi connectivity index (χ4v) is 2.85. The molecule has 1 saturated heterocycles. The van der Waals surface area contributed by atoms with Crippen LogP contribution >= 0.6 is 0 Å². The van der Waals surface area contributed by atoms with Crippen LogP contribution in [0.3, 0.4) is 0 Å². The normalized spacial score (nSPS) is 28.7. The molecule has 3 nitrogen and oxygen atoms in total. The lowest BCUT2D eigenvalue weighted by Crippen LogP contribution is -2.47. The number of likely N-dealkylation sites (tertiary alicyclic amines) is 1. The molecule has 1 saturated carbocycles. The standard InChI is InChI=1S/C13H18F2N2O/c14-13(15)6-4-10(5-7-13)12(18)17-8-2-1-3-11(17)9-16/h10-11H,1-8H2. The van der Waals surface area contributed by atoms with Crippen molar-refractivity contribution < 1.29 is 13.6 Å². The second-order valence-electron chi connectivity index (χ2n) is 5.30. The van der Waals surface area contributed by atoms with Crippen LogP contribution in [0.25, 0.3) is 0 Å². The van der Waals surface area contributed by atoms with Gasteiger partial charge in [-0.3, -0.25) is 4.79 Å². The van der Waals surface area contributed by atoms with Gasteiger partial charge in [0, 0.05) is 25.3 Å². The van der Waals surface area contributed by atoms with Crippen LogP contribution in [0.5, 0.6) is 0 Å². The Kier molecular flexibility index (Phi) is 3.84. The number of carbonyl (C=O) groups is 1. The molecule has 1 heterocycles. The molecule has 0 bridgehead atoms. The van der Waals surface area contributed by atoms with E-state index in [1.807, 2.05) is 0 Å². The number of hydrogen-bond donors (Lipinski definition) is 0. The van der Waals surface area contributed by atoms with Crippen LogP contribution in [0, 0.1) is 17.2 Å². The predicted molar refractivity (Wildman–Crippen MR) is 61.9 cm³/mol. The van der Waals surface area contributed by atoms with E-state index in [9.17, 15) is 13.6 Å². The van der Waals surface area contributed by atoms with Gasteiger partial charge in [0.15, 0.2) is 0 Å². The summed E-state index contributed by atoms with van der Waals surface area (Å²) in [5.41, 5.74) is 0. The molecule has 1 amide bonds. The zero-order valence-corrected chi connectivity index (χ0v) is 10.4. The zero-order chi connectivity index (χ0) is 13.2. The van der Waals surface area contributed by atoms with Gasteiger partial charge in [0.25, 0.3) is 0 Å². The van der Waals surface area contributed by atoms with Gasteiger partial charge in [-0.2, -0.15) is 5.26 Å². The SMILES string of the molecule is N#CC1CCCCN1C(=O)C1CCC(F)(F)CC1. The molecule has 1 unspecified atom stereocenters. The third-order valence-electron chi connectivity index (χ3n) is 4.00. The average molecular weight is 256 g/mol. The third-order valence-corrected chi connectivity index (χ3v) is 4.00. The highest BCUT2D eigenvalue weighted by Gasteiger charge is 2.40. The first kappa shape index (κ1) is 13.3. The topological polar surface area (TPSA) is 44.1 Å². The second kappa shape index (κ2) is 5.21. The molecule has 0 radical (unpaired) electrons. The Hall–Kier alpha value is -1.18. The molecule has 5 heteroatoms. The highest BCUT2D eigenvalue weighted by molar-refractivity contribution is 5.79. The van der Waals surface area contributed by atoms with Gasteiger partial charge in [0.05, 0.1) is 6.07 Å². The molecular formula is C13H18F2N2O. The van der Waals surface area contributed by atoms with Crippen molar-refractivity contribution in [2.75, 3.05) is 6.54 Å². The van der Waals surface area contributed by atoms with Crippen molar-refractivity contribution in [2.24, 2.45) is 5.92 Å². The van der Waals surface area contributed by atoms with E-state index in [2.05, 4.69) is 6.07 Å². The summed E-state index contributed by atoms with van der Waals surface area (Å²) in [6.45, 7) is 0.601. The van der Waals surface area contributed by atoms with Crippen LogP contribution in [-0.2, 0) is 4.79 Å². The summed E-state index contributed by atoms with van der Waals surface area (Å²) in [4.78, 5) is 13.9. The Balaban J connectivity index is 1.97. The lowest BCUT2D eigenvalue weighted by molar-refractivity contribution is -0.142. The Labute approximate surface area is 106 Å². The van der Waals surface area contributed by atoms with Gasteiger partial charge in [-0.25, -0.2) is 8.78 Å². The molecule has 100 valence electrons. The van der Waals surface area contributed by atoms with E-state index in [0.29, 0.717) is 13.0 Å². The van der Waals surface area contributed by atoms with Crippen LogP contribution in [-0.4, -0.2) is 29.3 Å². The van der Waals surface area contributed by atoms with Gasteiger partial charge in [0.2, 0.25) is 11.8 Å². The van der Waals surface area contributed by atoms with E-state index in [1.54, 1.807) is 4.90 Å². The molecule has 0 N–H and O–H groups in total. The fraction of sp³-hybridized carbons (Fsp3) is 0.846. The number of carbonyl (C=O) groups excluding carboxylic acids is 1. The van der Waals surface area contributed by atoms with Gasteiger partial charge in [-0.15, -0.1) is 0 Å². The zero-order valence-electron chi connectivity index (χ0n) is 10.4. The Morgan fingerprint density at radius 2 is 1.89 bits per heavy atom. The minimum Gasteiger partial charge on any atom is -0.326 e. The molecule has 1 aliphatic carbocycles. The van der Waals surface area contributed by atoms with Crippen molar-refractivity contribution in [3.05, 3.63) is 0 Å².